The molecule has 1 aromatic heterocycles. The molecule has 0 N–H and O–H groups in total. The van der Waals surface area contributed by atoms with Gasteiger partial charge in [0.15, 0.2) is 4.80 Å². The summed E-state index contributed by atoms with van der Waals surface area (Å²) in [7, 11) is -3.99. The van der Waals surface area contributed by atoms with Crippen molar-refractivity contribution in [1.29, 1.82) is 10.5 Å². The Morgan fingerprint density at radius 3 is 2.29 bits per heavy atom. The topological polar surface area (TPSA) is 146 Å². The van der Waals surface area contributed by atoms with Crippen LogP contribution in [0.25, 0.3) is 10.2 Å². The number of carbonyl (C=O) groups is 2. The fourth-order valence-electron chi connectivity index (χ4n) is 3.44. The van der Waals surface area contributed by atoms with Gasteiger partial charge in [-0.2, -0.15) is 19.8 Å². The highest BCUT2D eigenvalue weighted by atomic mass is 35.5. The van der Waals surface area contributed by atoms with E-state index in [1.165, 1.54) is 28.8 Å². The average Bonchev–Trinajstić information content (AvgIpc) is 3.23. The molecule has 0 spiro atoms. The molecule has 0 aliphatic carbocycles. The minimum atomic E-state index is -3.99. The lowest BCUT2D eigenvalue weighted by Crippen LogP contribution is -2.32. The number of hydrogen-bond acceptors (Lipinski definition) is 8. The SMILES string of the molecule is CCOC(=O)Cn1c(=NC(=O)c2ccc(S(=O)(=O)N(CCC#N)CCC#N)cc2)sc2ccc(Cl)c(Cl)c21. The number of benzene rings is 2. The Hall–Kier alpha value is -3.26. The maximum absolute atomic E-state index is 13.0. The van der Waals surface area contributed by atoms with Crippen LogP contribution in [0.3, 0.4) is 0 Å². The summed E-state index contributed by atoms with van der Waals surface area (Å²) in [6.45, 7) is 1.47. The Morgan fingerprint density at radius 2 is 1.71 bits per heavy atom. The number of thiazole rings is 1. The second-order valence-corrected chi connectivity index (χ2v) is 11.4. The molecular formula is C24H21Cl2N5O5S2. The molecule has 0 saturated carbocycles. The summed E-state index contributed by atoms with van der Waals surface area (Å²) in [6, 6.07) is 12.2. The lowest BCUT2D eigenvalue weighted by Gasteiger charge is -2.20. The number of carbonyl (C=O) groups excluding carboxylic acids is 2. The highest BCUT2D eigenvalue weighted by Gasteiger charge is 2.24. The predicted octanol–water partition coefficient (Wildman–Crippen LogP) is 4.13. The Morgan fingerprint density at radius 1 is 1.08 bits per heavy atom. The number of nitriles is 2. The second kappa shape index (κ2) is 13.0. The van der Waals surface area contributed by atoms with Crippen LogP contribution in [0.5, 0.6) is 0 Å². The molecule has 1 amide bonds. The molecule has 3 rings (SSSR count). The summed E-state index contributed by atoms with van der Waals surface area (Å²) in [5.41, 5.74) is 0.536. The number of nitrogens with zero attached hydrogens (tertiary/aromatic N) is 5. The molecule has 2 aromatic carbocycles. The maximum atomic E-state index is 13.0. The largest absolute Gasteiger partial charge is 0.465 e. The van der Waals surface area contributed by atoms with E-state index in [0.29, 0.717) is 10.2 Å². The zero-order valence-corrected chi connectivity index (χ0v) is 23.2. The number of amides is 1. The van der Waals surface area contributed by atoms with Crippen LogP contribution in [-0.4, -0.2) is 48.9 Å². The summed E-state index contributed by atoms with van der Waals surface area (Å²) >= 11 is 13.7. The van der Waals surface area contributed by atoms with Crippen molar-refractivity contribution in [2.24, 2.45) is 4.99 Å². The van der Waals surface area contributed by atoms with Crippen molar-refractivity contribution in [2.45, 2.75) is 31.2 Å². The molecule has 0 aliphatic rings. The number of rotatable bonds is 10. The first-order valence-electron chi connectivity index (χ1n) is 11.2. The van der Waals surface area contributed by atoms with E-state index >= 15 is 0 Å². The molecule has 0 aliphatic heterocycles. The van der Waals surface area contributed by atoms with Crippen molar-refractivity contribution in [1.82, 2.24) is 8.87 Å². The Kier molecular flexibility index (Phi) is 10.0. The molecule has 10 nitrogen and oxygen atoms in total. The molecule has 0 saturated heterocycles. The van der Waals surface area contributed by atoms with Gasteiger partial charge in [0, 0.05) is 31.5 Å². The summed E-state index contributed by atoms with van der Waals surface area (Å²) in [5.74, 6) is -1.23. The van der Waals surface area contributed by atoms with Gasteiger partial charge in [-0.3, -0.25) is 9.59 Å². The highest BCUT2D eigenvalue weighted by Crippen LogP contribution is 2.32. The van der Waals surface area contributed by atoms with Crippen LogP contribution in [0.1, 0.15) is 30.1 Å². The number of fused-ring (bicyclic) bond motifs is 1. The Balaban J connectivity index is 1.99. The van der Waals surface area contributed by atoms with E-state index in [2.05, 4.69) is 4.99 Å². The molecule has 0 bridgehead atoms. The van der Waals surface area contributed by atoms with Crippen molar-refractivity contribution in [3.05, 3.63) is 56.8 Å². The fourth-order valence-corrected chi connectivity index (χ4v) is 6.40. The van der Waals surface area contributed by atoms with Crippen LogP contribution in [0, 0.1) is 22.7 Å². The molecule has 38 heavy (non-hydrogen) atoms. The second-order valence-electron chi connectivity index (χ2n) is 7.65. The third kappa shape index (κ3) is 6.59. The van der Waals surface area contributed by atoms with Gasteiger partial charge in [-0.15, -0.1) is 0 Å². The van der Waals surface area contributed by atoms with Gasteiger partial charge < -0.3 is 9.30 Å². The van der Waals surface area contributed by atoms with Crippen LogP contribution >= 0.6 is 34.5 Å². The van der Waals surface area contributed by atoms with E-state index in [1.807, 2.05) is 12.1 Å². The summed E-state index contributed by atoms with van der Waals surface area (Å²) in [6.07, 6.45) is -0.0629. The summed E-state index contributed by atoms with van der Waals surface area (Å²) < 4.78 is 34.2. The van der Waals surface area contributed by atoms with E-state index < -0.39 is 21.9 Å². The van der Waals surface area contributed by atoms with Crippen molar-refractivity contribution < 1.29 is 22.7 Å². The smallest absolute Gasteiger partial charge is 0.326 e. The zero-order valence-electron chi connectivity index (χ0n) is 20.1. The fraction of sp³-hybridized carbons (Fsp3) is 0.292. The number of esters is 1. The molecule has 198 valence electrons. The normalized spacial score (nSPS) is 11.9. The number of halogens is 2. The Bertz CT molecular complexity index is 1600. The van der Waals surface area contributed by atoms with Gasteiger partial charge in [-0.1, -0.05) is 34.5 Å². The average molecular weight is 595 g/mol. The standard InChI is InChI=1S/C24H21Cl2N5O5S2/c1-2-36-20(32)15-31-22-19(10-9-18(25)21(22)26)37-24(31)29-23(33)16-5-7-17(8-6-16)38(34,35)30(13-3-11-27)14-4-12-28/h5-10H,2-4,13-15H2,1H3. The summed E-state index contributed by atoms with van der Waals surface area (Å²) in [5, 5.41) is 18.1. The van der Waals surface area contributed by atoms with E-state index in [0.717, 1.165) is 15.6 Å². The van der Waals surface area contributed by atoms with Gasteiger partial charge in [0.2, 0.25) is 10.0 Å². The first-order chi connectivity index (χ1) is 18.1. The van der Waals surface area contributed by atoms with Crippen molar-refractivity contribution >= 4 is 66.7 Å². The first-order valence-corrected chi connectivity index (χ1v) is 14.2. The van der Waals surface area contributed by atoms with Gasteiger partial charge in [0.05, 0.1) is 43.9 Å². The van der Waals surface area contributed by atoms with Gasteiger partial charge in [-0.25, -0.2) is 8.42 Å². The van der Waals surface area contributed by atoms with Crippen molar-refractivity contribution in [3.63, 3.8) is 0 Å². The lowest BCUT2D eigenvalue weighted by molar-refractivity contribution is -0.143. The quantitative estimate of drug-likeness (QED) is 0.321. The van der Waals surface area contributed by atoms with E-state index in [1.54, 1.807) is 19.1 Å². The molecule has 0 atom stereocenters. The third-order valence-electron chi connectivity index (χ3n) is 5.21. The first kappa shape index (κ1) is 29.3. The molecular weight excluding hydrogens is 573 g/mol. The minimum Gasteiger partial charge on any atom is -0.465 e. The number of aromatic nitrogens is 1. The molecule has 0 unspecified atom stereocenters. The predicted molar refractivity (Wildman–Crippen MR) is 142 cm³/mol. The van der Waals surface area contributed by atoms with Crippen LogP contribution in [0.2, 0.25) is 10.0 Å². The molecule has 3 aromatic rings. The third-order valence-corrected chi connectivity index (χ3v) is 8.96. The molecule has 0 fully saturated rings. The lowest BCUT2D eigenvalue weighted by atomic mass is 10.2. The van der Waals surface area contributed by atoms with Crippen LogP contribution in [0.15, 0.2) is 46.3 Å². The van der Waals surface area contributed by atoms with E-state index in [-0.39, 0.29) is 64.4 Å². The van der Waals surface area contributed by atoms with Crippen LogP contribution < -0.4 is 4.80 Å². The van der Waals surface area contributed by atoms with Crippen LogP contribution in [0.4, 0.5) is 0 Å². The Labute approximate surface area is 232 Å². The number of sulfonamides is 1. The van der Waals surface area contributed by atoms with Crippen molar-refractivity contribution in [2.75, 3.05) is 19.7 Å². The maximum Gasteiger partial charge on any atom is 0.326 e. The molecule has 14 heteroatoms. The summed E-state index contributed by atoms with van der Waals surface area (Å²) in [4.78, 5) is 29.5. The van der Waals surface area contributed by atoms with Gasteiger partial charge in [-0.05, 0) is 43.3 Å². The zero-order chi connectivity index (χ0) is 27.9. The minimum absolute atomic E-state index is 0.0314. The van der Waals surface area contributed by atoms with E-state index in [4.69, 9.17) is 38.5 Å². The number of hydrogen-bond donors (Lipinski definition) is 0. The van der Waals surface area contributed by atoms with Crippen molar-refractivity contribution in [3.8, 4) is 12.1 Å². The van der Waals surface area contributed by atoms with Crippen LogP contribution in [-0.2, 0) is 26.1 Å². The van der Waals surface area contributed by atoms with Gasteiger partial charge >= 0.3 is 5.97 Å². The number of ether oxygens (including phenoxy) is 1. The van der Waals surface area contributed by atoms with Gasteiger partial charge in [0.1, 0.15) is 6.54 Å². The van der Waals surface area contributed by atoms with E-state index in [9.17, 15) is 18.0 Å². The molecule has 1 heterocycles. The van der Waals surface area contributed by atoms with Gasteiger partial charge in [0.25, 0.3) is 5.91 Å². The monoisotopic (exact) mass is 593 g/mol. The molecule has 0 radical (unpaired) electrons. The highest BCUT2D eigenvalue weighted by molar-refractivity contribution is 7.89.